The number of nitrogens with one attached hydrogen (secondary N) is 1. The highest BCUT2D eigenvalue weighted by Crippen LogP contribution is 2.28. The van der Waals surface area contributed by atoms with E-state index in [0.717, 1.165) is 30.7 Å². The van der Waals surface area contributed by atoms with E-state index >= 15 is 0 Å². The molecule has 1 aliphatic heterocycles. The Morgan fingerprint density at radius 2 is 2.13 bits per heavy atom. The van der Waals surface area contributed by atoms with Crippen molar-refractivity contribution in [3.8, 4) is 5.69 Å². The fourth-order valence-corrected chi connectivity index (χ4v) is 2.57. The van der Waals surface area contributed by atoms with Crippen molar-refractivity contribution in [1.29, 1.82) is 0 Å². The third-order valence-electron chi connectivity index (χ3n) is 3.79. The average Bonchev–Trinajstić information content (AvgIpc) is 3.35. The topological polar surface area (TPSA) is 78.0 Å². The second kappa shape index (κ2) is 6.21. The van der Waals surface area contributed by atoms with Crippen molar-refractivity contribution in [3.05, 3.63) is 54.2 Å². The molecule has 118 valence electrons. The molecule has 7 heteroatoms. The molecule has 1 unspecified atom stereocenters. The maximum atomic E-state index is 5.60. The molecule has 7 nitrogen and oxygen atoms in total. The van der Waals surface area contributed by atoms with Crippen LogP contribution in [0.25, 0.3) is 5.69 Å². The highest BCUT2D eigenvalue weighted by atomic mass is 16.5. The van der Waals surface area contributed by atoms with E-state index in [2.05, 4.69) is 20.6 Å². The first kappa shape index (κ1) is 14.0. The Bertz CT molecular complexity index is 745. The standard InChI is InChI=1S/C16H17N5O2/c1-3-14(22-10-1)15-19-20-16(23-15)17-11-12-4-6-13(7-5-12)21-9-2-8-18-21/h2,4-9,14H,1,3,10-11H2,(H,17,20). The third kappa shape index (κ3) is 3.09. The Morgan fingerprint density at radius 3 is 2.87 bits per heavy atom. The van der Waals surface area contributed by atoms with Crippen LogP contribution in [0.2, 0.25) is 0 Å². The number of anilines is 1. The van der Waals surface area contributed by atoms with Gasteiger partial charge in [-0.25, -0.2) is 4.68 Å². The van der Waals surface area contributed by atoms with E-state index in [4.69, 9.17) is 9.15 Å². The van der Waals surface area contributed by atoms with Crippen molar-refractivity contribution in [2.75, 3.05) is 11.9 Å². The smallest absolute Gasteiger partial charge is 0.315 e. The van der Waals surface area contributed by atoms with Gasteiger partial charge in [-0.2, -0.15) is 5.10 Å². The second-order valence-corrected chi connectivity index (χ2v) is 5.42. The van der Waals surface area contributed by atoms with E-state index in [1.807, 2.05) is 41.2 Å². The van der Waals surface area contributed by atoms with Crippen molar-refractivity contribution in [2.24, 2.45) is 0 Å². The van der Waals surface area contributed by atoms with Crippen LogP contribution in [-0.2, 0) is 11.3 Å². The molecule has 1 aliphatic rings. The number of rotatable bonds is 5. The molecule has 2 aromatic heterocycles. The van der Waals surface area contributed by atoms with Crippen LogP contribution >= 0.6 is 0 Å². The monoisotopic (exact) mass is 311 g/mol. The molecule has 0 saturated carbocycles. The van der Waals surface area contributed by atoms with Crippen molar-refractivity contribution in [3.63, 3.8) is 0 Å². The van der Waals surface area contributed by atoms with Crippen molar-refractivity contribution in [2.45, 2.75) is 25.5 Å². The third-order valence-corrected chi connectivity index (χ3v) is 3.79. The molecule has 0 amide bonds. The molecule has 1 saturated heterocycles. The van der Waals surface area contributed by atoms with Gasteiger partial charge in [0.2, 0.25) is 5.89 Å². The van der Waals surface area contributed by atoms with Gasteiger partial charge in [0.1, 0.15) is 6.10 Å². The van der Waals surface area contributed by atoms with E-state index in [1.54, 1.807) is 6.20 Å². The van der Waals surface area contributed by atoms with Crippen LogP contribution in [0.1, 0.15) is 30.4 Å². The fraction of sp³-hybridized carbons (Fsp3) is 0.312. The molecular weight excluding hydrogens is 294 g/mol. The molecule has 0 bridgehead atoms. The summed E-state index contributed by atoms with van der Waals surface area (Å²) in [5, 5.41) is 15.4. The molecule has 3 aromatic rings. The van der Waals surface area contributed by atoms with Gasteiger partial charge in [0.05, 0.1) is 5.69 Å². The van der Waals surface area contributed by atoms with Gasteiger partial charge in [-0.05, 0) is 36.6 Å². The summed E-state index contributed by atoms with van der Waals surface area (Å²) in [7, 11) is 0. The van der Waals surface area contributed by atoms with Gasteiger partial charge in [-0.15, -0.1) is 5.10 Å². The average molecular weight is 311 g/mol. The lowest BCUT2D eigenvalue weighted by atomic mass is 10.2. The Morgan fingerprint density at radius 1 is 1.22 bits per heavy atom. The molecule has 0 radical (unpaired) electrons. The van der Waals surface area contributed by atoms with Gasteiger partial charge in [0.25, 0.3) is 0 Å². The number of hydrogen-bond donors (Lipinski definition) is 1. The lowest BCUT2D eigenvalue weighted by Crippen LogP contribution is -2.00. The first-order chi connectivity index (χ1) is 11.4. The summed E-state index contributed by atoms with van der Waals surface area (Å²) in [6.07, 6.45) is 5.61. The van der Waals surface area contributed by atoms with Crippen LogP contribution in [0.15, 0.2) is 47.1 Å². The minimum atomic E-state index is -0.0496. The first-order valence-electron chi connectivity index (χ1n) is 7.66. The van der Waals surface area contributed by atoms with E-state index < -0.39 is 0 Å². The molecule has 1 fully saturated rings. The van der Waals surface area contributed by atoms with E-state index in [-0.39, 0.29) is 6.10 Å². The number of benzene rings is 1. The molecule has 1 aromatic carbocycles. The molecule has 23 heavy (non-hydrogen) atoms. The summed E-state index contributed by atoms with van der Waals surface area (Å²) in [4.78, 5) is 0. The predicted octanol–water partition coefficient (Wildman–Crippen LogP) is 2.72. The van der Waals surface area contributed by atoms with E-state index in [0.29, 0.717) is 18.5 Å². The van der Waals surface area contributed by atoms with Gasteiger partial charge >= 0.3 is 6.01 Å². The summed E-state index contributed by atoms with van der Waals surface area (Å²) < 4.78 is 13.0. The minimum absolute atomic E-state index is 0.0496. The van der Waals surface area contributed by atoms with Gasteiger partial charge < -0.3 is 14.5 Å². The lowest BCUT2D eigenvalue weighted by Gasteiger charge is -2.05. The normalized spacial score (nSPS) is 17.5. The summed E-state index contributed by atoms with van der Waals surface area (Å²) in [5.41, 5.74) is 2.15. The van der Waals surface area contributed by atoms with Crippen LogP contribution in [-0.4, -0.2) is 26.6 Å². The summed E-state index contributed by atoms with van der Waals surface area (Å²) >= 11 is 0. The lowest BCUT2D eigenvalue weighted by molar-refractivity contribution is 0.0897. The Kier molecular flexibility index (Phi) is 3.77. The fourth-order valence-electron chi connectivity index (χ4n) is 2.57. The van der Waals surface area contributed by atoms with E-state index in [1.165, 1.54) is 0 Å². The maximum absolute atomic E-state index is 5.60. The highest BCUT2D eigenvalue weighted by Gasteiger charge is 2.23. The number of nitrogens with zero attached hydrogens (tertiary/aromatic N) is 4. The van der Waals surface area contributed by atoms with Gasteiger partial charge in [-0.1, -0.05) is 17.2 Å². The van der Waals surface area contributed by atoms with Gasteiger partial charge in [0.15, 0.2) is 0 Å². The first-order valence-corrected chi connectivity index (χ1v) is 7.66. The quantitative estimate of drug-likeness (QED) is 0.780. The van der Waals surface area contributed by atoms with Crippen LogP contribution in [0.4, 0.5) is 6.01 Å². The Labute approximate surface area is 133 Å². The van der Waals surface area contributed by atoms with Crippen LogP contribution in [0, 0.1) is 0 Å². The zero-order valence-corrected chi connectivity index (χ0v) is 12.6. The zero-order valence-electron chi connectivity index (χ0n) is 12.6. The van der Waals surface area contributed by atoms with Crippen molar-refractivity contribution in [1.82, 2.24) is 20.0 Å². The molecule has 1 N–H and O–H groups in total. The number of ether oxygens (including phenoxy) is 1. The van der Waals surface area contributed by atoms with Crippen LogP contribution in [0.5, 0.6) is 0 Å². The second-order valence-electron chi connectivity index (χ2n) is 5.42. The van der Waals surface area contributed by atoms with Crippen LogP contribution < -0.4 is 5.32 Å². The summed E-state index contributed by atoms with van der Waals surface area (Å²) in [6.45, 7) is 1.38. The van der Waals surface area contributed by atoms with Gasteiger partial charge in [-0.3, -0.25) is 0 Å². The molecule has 1 atom stereocenters. The minimum Gasteiger partial charge on any atom is -0.405 e. The zero-order chi connectivity index (χ0) is 15.5. The number of aromatic nitrogens is 4. The van der Waals surface area contributed by atoms with Crippen LogP contribution in [0.3, 0.4) is 0 Å². The van der Waals surface area contributed by atoms with Gasteiger partial charge in [0, 0.05) is 25.5 Å². The molecule has 3 heterocycles. The molecule has 0 spiro atoms. The highest BCUT2D eigenvalue weighted by molar-refractivity contribution is 5.35. The summed E-state index contributed by atoms with van der Waals surface area (Å²) in [6, 6.07) is 10.5. The van der Waals surface area contributed by atoms with Crippen molar-refractivity contribution >= 4 is 6.01 Å². The SMILES string of the molecule is c1cnn(-c2ccc(CNc3nnc(C4CCCO4)o3)cc2)c1. The summed E-state index contributed by atoms with van der Waals surface area (Å²) in [5.74, 6) is 0.555. The molecule has 4 rings (SSSR count). The van der Waals surface area contributed by atoms with Crippen molar-refractivity contribution < 1.29 is 9.15 Å². The number of hydrogen-bond acceptors (Lipinski definition) is 6. The Hall–Kier alpha value is -2.67. The predicted molar refractivity (Wildman–Crippen MR) is 83.1 cm³/mol. The largest absolute Gasteiger partial charge is 0.405 e. The Balaban J connectivity index is 1.37. The maximum Gasteiger partial charge on any atom is 0.315 e. The molecule has 0 aliphatic carbocycles. The van der Waals surface area contributed by atoms with E-state index in [9.17, 15) is 0 Å². The molecular formula is C16H17N5O2.